The number of rotatable bonds is 5. The summed E-state index contributed by atoms with van der Waals surface area (Å²) in [5.74, 6) is -0.00996. The quantitative estimate of drug-likeness (QED) is 0.760. The largest absolute Gasteiger partial charge is 0.336 e. The number of anilines is 1. The van der Waals surface area contributed by atoms with E-state index in [1.807, 2.05) is 4.90 Å². The molecule has 0 aliphatic carbocycles. The van der Waals surface area contributed by atoms with Crippen molar-refractivity contribution in [2.45, 2.75) is 32.2 Å². The van der Waals surface area contributed by atoms with Crippen LogP contribution in [0.1, 0.15) is 42.1 Å². The average Bonchev–Trinajstić information content (AvgIpc) is 2.68. The van der Waals surface area contributed by atoms with Crippen molar-refractivity contribution in [3.05, 3.63) is 70.1 Å². The highest BCUT2D eigenvalue weighted by Gasteiger charge is 2.24. The number of carbonyl (C=O) groups excluding carboxylic acids is 1. The van der Waals surface area contributed by atoms with Crippen LogP contribution in [-0.2, 0) is 10.0 Å². The van der Waals surface area contributed by atoms with E-state index in [4.69, 9.17) is 11.6 Å². The van der Waals surface area contributed by atoms with Gasteiger partial charge in [-0.3, -0.25) is 9.52 Å². The fourth-order valence-electron chi connectivity index (χ4n) is 3.19. The van der Waals surface area contributed by atoms with Crippen molar-refractivity contribution in [2.24, 2.45) is 0 Å². The highest BCUT2D eigenvalue weighted by molar-refractivity contribution is 7.95. The summed E-state index contributed by atoms with van der Waals surface area (Å²) in [4.78, 5) is 14.5. The molecule has 0 spiro atoms. The third-order valence-corrected chi connectivity index (χ3v) is 6.03. The zero-order chi connectivity index (χ0) is 20.1. The van der Waals surface area contributed by atoms with E-state index in [1.165, 1.54) is 6.08 Å². The summed E-state index contributed by atoms with van der Waals surface area (Å²) in [7, 11) is -3.66. The fraction of sp³-hybridized carbons (Fsp3) is 0.286. The molecule has 1 fully saturated rings. The van der Waals surface area contributed by atoms with E-state index in [9.17, 15) is 13.2 Å². The van der Waals surface area contributed by atoms with Gasteiger partial charge in [-0.25, -0.2) is 8.42 Å². The van der Waals surface area contributed by atoms with Crippen molar-refractivity contribution in [3.8, 4) is 0 Å². The van der Waals surface area contributed by atoms with Crippen molar-refractivity contribution < 1.29 is 13.2 Å². The molecule has 5 nitrogen and oxygen atoms in total. The SMILES string of the molecule is C[C@H]1CCCCN1C(=O)c1ccc(NS(=O)(=O)/C=C/c2ccc(Cl)cc2)cc1. The summed E-state index contributed by atoms with van der Waals surface area (Å²) in [6.07, 6.45) is 4.68. The maximum atomic E-state index is 12.7. The minimum atomic E-state index is -3.66. The first kappa shape index (κ1) is 20.4. The van der Waals surface area contributed by atoms with Crippen LogP contribution in [0.3, 0.4) is 0 Å². The van der Waals surface area contributed by atoms with Gasteiger partial charge >= 0.3 is 0 Å². The predicted molar refractivity (Wildman–Crippen MR) is 114 cm³/mol. The lowest BCUT2D eigenvalue weighted by Crippen LogP contribution is -2.42. The molecule has 1 aliphatic heterocycles. The van der Waals surface area contributed by atoms with Gasteiger partial charge in [-0.2, -0.15) is 0 Å². The van der Waals surface area contributed by atoms with Gasteiger partial charge in [-0.1, -0.05) is 23.7 Å². The van der Waals surface area contributed by atoms with E-state index < -0.39 is 10.0 Å². The number of hydrogen-bond donors (Lipinski definition) is 1. The van der Waals surface area contributed by atoms with Crippen molar-refractivity contribution in [1.82, 2.24) is 4.90 Å². The van der Waals surface area contributed by atoms with E-state index in [1.54, 1.807) is 48.5 Å². The van der Waals surface area contributed by atoms with Crippen molar-refractivity contribution in [3.63, 3.8) is 0 Å². The molecule has 2 aromatic rings. The molecule has 7 heteroatoms. The average molecular weight is 419 g/mol. The lowest BCUT2D eigenvalue weighted by atomic mass is 10.0. The summed E-state index contributed by atoms with van der Waals surface area (Å²) in [6.45, 7) is 2.83. The van der Waals surface area contributed by atoms with Crippen LogP contribution < -0.4 is 4.72 Å². The van der Waals surface area contributed by atoms with Gasteiger partial charge < -0.3 is 4.90 Å². The molecule has 1 aliphatic rings. The van der Waals surface area contributed by atoms with Crippen LogP contribution in [0.25, 0.3) is 6.08 Å². The number of likely N-dealkylation sites (tertiary alicyclic amines) is 1. The summed E-state index contributed by atoms with van der Waals surface area (Å²) in [5.41, 5.74) is 1.70. The fourth-order valence-corrected chi connectivity index (χ4v) is 4.18. The molecule has 0 bridgehead atoms. The molecule has 0 radical (unpaired) electrons. The van der Waals surface area contributed by atoms with E-state index in [-0.39, 0.29) is 11.9 Å². The van der Waals surface area contributed by atoms with Crippen LogP contribution in [0.4, 0.5) is 5.69 Å². The van der Waals surface area contributed by atoms with Gasteiger partial charge in [0.1, 0.15) is 0 Å². The number of nitrogens with zero attached hydrogens (tertiary/aromatic N) is 1. The van der Waals surface area contributed by atoms with Crippen LogP contribution in [0.2, 0.25) is 5.02 Å². The van der Waals surface area contributed by atoms with E-state index in [0.29, 0.717) is 16.3 Å². The van der Waals surface area contributed by atoms with Gasteiger partial charge in [0.15, 0.2) is 0 Å². The van der Waals surface area contributed by atoms with E-state index in [2.05, 4.69) is 11.6 Å². The van der Waals surface area contributed by atoms with Crippen LogP contribution in [0.15, 0.2) is 53.9 Å². The number of piperidine rings is 1. The van der Waals surface area contributed by atoms with Gasteiger partial charge in [0.25, 0.3) is 15.9 Å². The molecule has 1 atom stereocenters. The number of nitrogens with one attached hydrogen (secondary N) is 1. The van der Waals surface area contributed by atoms with E-state index >= 15 is 0 Å². The number of amides is 1. The second-order valence-electron chi connectivity index (χ2n) is 6.92. The molecular weight excluding hydrogens is 396 g/mol. The van der Waals surface area contributed by atoms with Crippen LogP contribution >= 0.6 is 11.6 Å². The van der Waals surface area contributed by atoms with Crippen molar-refractivity contribution in [1.29, 1.82) is 0 Å². The number of hydrogen-bond acceptors (Lipinski definition) is 3. The highest BCUT2D eigenvalue weighted by atomic mass is 35.5. The second-order valence-corrected chi connectivity index (χ2v) is 8.92. The molecule has 1 heterocycles. The Morgan fingerprint density at radius 1 is 1.11 bits per heavy atom. The molecular formula is C21H23ClN2O3S. The molecule has 1 amide bonds. The lowest BCUT2D eigenvalue weighted by molar-refractivity contribution is 0.0635. The molecule has 0 aromatic heterocycles. The van der Waals surface area contributed by atoms with Crippen molar-refractivity contribution in [2.75, 3.05) is 11.3 Å². The monoisotopic (exact) mass is 418 g/mol. The summed E-state index contributed by atoms with van der Waals surface area (Å²) >= 11 is 5.82. The zero-order valence-corrected chi connectivity index (χ0v) is 17.2. The van der Waals surface area contributed by atoms with Gasteiger partial charge in [-0.05, 0) is 74.2 Å². The molecule has 28 heavy (non-hydrogen) atoms. The third kappa shape index (κ3) is 5.36. The summed E-state index contributed by atoms with van der Waals surface area (Å²) < 4.78 is 27.0. The first-order chi connectivity index (χ1) is 13.3. The molecule has 1 N–H and O–H groups in total. The molecule has 1 saturated heterocycles. The third-order valence-electron chi connectivity index (χ3n) is 4.77. The Bertz CT molecular complexity index is 954. The van der Waals surface area contributed by atoms with Gasteiger partial charge in [0.05, 0.1) is 5.41 Å². The standard InChI is InChI=1S/C21H23ClN2O3S/c1-16-4-2-3-14-24(16)21(25)18-7-11-20(12-8-18)23-28(26,27)15-13-17-5-9-19(22)10-6-17/h5-13,15-16,23H,2-4,14H2,1H3/b15-13+/t16-/m0/s1. The Balaban J connectivity index is 1.66. The van der Waals surface area contributed by atoms with Crippen LogP contribution in [0, 0.1) is 0 Å². The van der Waals surface area contributed by atoms with Crippen LogP contribution in [-0.4, -0.2) is 31.8 Å². The maximum Gasteiger partial charge on any atom is 0.255 e. The number of benzene rings is 2. The van der Waals surface area contributed by atoms with E-state index in [0.717, 1.165) is 36.8 Å². The number of carbonyl (C=O) groups is 1. The Kier molecular flexibility index (Phi) is 6.42. The normalized spacial score (nSPS) is 17.6. The van der Waals surface area contributed by atoms with Gasteiger partial charge in [0.2, 0.25) is 0 Å². The molecule has 148 valence electrons. The number of halogens is 1. The Hall–Kier alpha value is -2.31. The highest BCUT2D eigenvalue weighted by Crippen LogP contribution is 2.20. The maximum absolute atomic E-state index is 12.7. The second kappa shape index (κ2) is 8.80. The minimum Gasteiger partial charge on any atom is -0.336 e. The predicted octanol–water partition coefficient (Wildman–Crippen LogP) is 4.77. The minimum absolute atomic E-state index is 0.00996. The number of sulfonamides is 1. The summed E-state index contributed by atoms with van der Waals surface area (Å²) in [6, 6.07) is 13.6. The molecule has 0 saturated carbocycles. The Morgan fingerprint density at radius 3 is 2.43 bits per heavy atom. The molecule has 0 unspecified atom stereocenters. The molecule has 2 aromatic carbocycles. The zero-order valence-electron chi connectivity index (χ0n) is 15.6. The van der Waals surface area contributed by atoms with Gasteiger partial charge in [-0.15, -0.1) is 0 Å². The Morgan fingerprint density at radius 2 is 1.79 bits per heavy atom. The topological polar surface area (TPSA) is 66.5 Å². The molecule has 3 rings (SSSR count). The summed E-state index contributed by atoms with van der Waals surface area (Å²) in [5, 5.41) is 1.69. The smallest absolute Gasteiger partial charge is 0.255 e. The first-order valence-electron chi connectivity index (χ1n) is 9.21. The Labute approximate surface area is 171 Å². The van der Waals surface area contributed by atoms with Gasteiger partial charge in [0, 0.05) is 28.9 Å². The van der Waals surface area contributed by atoms with Crippen LogP contribution in [0.5, 0.6) is 0 Å². The first-order valence-corrected chi connectivity index (χ1v) is 11.1. The lowest BCUT2D eigenvalue weighted by Gasteiger charge is -2.33. The van der Waals surface area contributed by atoms with Crippen molar-refractivity contribution >= 4 is 39.3 Å².